The number of halogens is 1. The Balaban J connectivity index is 0.00000320. The third-order valence-electron chi connectivity index (χ3n) is 5.27. The molecule has 7 heteroatoms. The molecule has 3 rings (SSSR count). The number of aliphatic imine (C=N–C) groups is 1. The van der Waals surface area contributed by atoms with Crippen molar-refractivity contribution in [2.24, 2.45) is 16.3 Å². The molecule has 2 unspecified atom stereocenters. The molecule has 1 saturated heterocycles. The van der Waals surface area contributed by atoms with E-state index in [1.165, 1.54) is 6.42 Å². The highest BCUT2D eigenvalue weighted by atomic mass is 127. The van der Waals surface area contributed by atoms with Gasteiger partial charge in [-0.2, -0.15) is 0 Å². The van der Waals surface area contributed by atoms with Gasteiger partial charge in [0.05, 0.1) is 18.0 Å². The highest BCUT2D eigenvalue weighted by molar-refractivity contribution is 14.0. The first-order chi connectivity index (χ1) is 14.0. The quantitative estimate of drug-likeness (QED) is 0.293. The summed E-state index contributed by atoms with van der Waals surface area (Å²) in [6.45, 7) is 11.9. The predicted octanol–water partition coefficient (Wildman–Crippen LogP) is 4.59. The smallest absolute Gasteiger partial charge is 0.191 e. The van der Waals surface area contributed by atoms with Crippen LogP contribution in [-0.2, 0) is 11.3 Å². The van der Waals surface area contributed by atoms with Crippen LogP contribution in [0.25, 0.3) is 11.3 Å². The molecule has 166 valence electrons. The van der Waals surface area contributed by atoms with Crippen molar-refractivity contribution in [1.29, 1.82) is 0 Å². The Kier molecular flexibility index (Phi) is 9.61. The Morgan fingerprint density at radius 3 is 2.70 bits per heavy atom. The molecule has 1 aliphatic heterocycles. The SMILES string of the molecule is CCNC(=NCc1ncc(-c2ccccc2)[nH]1)NCC1CCCOC1C(C)(C)C.I. The number of aromatic amines is 1. The van der Waals surface area contributed by atoms with Crippen molar-refractivity contribution >= 4 is 29.9 Å². The average molecular weight is 525 g/mol. The van der Waals surface area contributed by atoms with E-state index < -0.39 is 0 Å². The number of aromatic nitrogens is 2. The van der Waals surface area contributed by atoms with Crippen molar-refractivity contribution in [3.05, 3.63) is 42.4 Å². The first kappa shape index (κ1) is 24.7. The Bertz CT molecular complexity index is 784. The van der Waals surface area contributed by atoms with E-state index in [4.69, 9.17) is 9.73 Å². The van der Waals surface area contributed by atoms with Gasteiger partial charge < -0.3 is 20.4 Å². The highest BCUT2D eigenvalue weighted by Crippen LogP contribution is 2.33. The summed E-state index contributed by atoms with van der Waals surface area (Å²) in [5.41, 5.74) is 2.29. The molecule has 1 aromatic heterocycles. The van der Waals surface area contributed by atoms with Gasteiger partial charge in [-0.25, -0.2) is 9.98 Å². The van der Waals surface area contributed by atoms with Gasteiger partial charge in [-0.15, -0.1) is 24.0 Å². The molecule has 0 radical (unpaired) electrons. The van der Waals surface area contributed by atoms with Crippen LogP contribution in [0.15, 0.2) is 41.5 Å². The van der Waals surface area contributed by atoms with E-state index in [-0.39, 0.29) is 35.5 Å². The number of imidazole rings is 1. The van der Waals surface area contributed by atoms with Gasteiger partial charge in [0.15, 0.2) is 5.96 Å². The van der Waals surface area contributed by atoms with Crippen LogP contribution in [-0.4, -0.2) is 41.7 Å². The number of hydrogen-bond acceptors (Lipinski definition) is 3. The third-order valence-corrected chi connectivity index (χ3v) is 5.27. The van der Waals surface area contributed by atoms with Crippen molar-refractivity contribution in [2.45, 2.75) is 53.2 Å². The Morgan fingerprint density at radius 1 is 1.23 bits per heavy atom. The summed E-state index contributed by atoms with van der Waals surface area (Å²) in [7, 11) is 0. The highest BCUT2D eigenvalue weighted by Gasteiger charge is 2.35. The molecule has 0 spiro atoms. The zero-order valence-electron chi connectivity index (χ0n) is 18.6. The van der Waals surface area contributed by atoms with E-state index in [0.717, 1.165) is 49.2 Å². The Morgan fingerprint density at radius 2 is 2.00 bits per heavy atom. The summed E-state index contributed by atoms with van der Waals surface area (Å²) in [5, 5.41) is 6.86. The summed E-state index contributed by atoms with van der Waals surface area (Å²) in [4.78, 5) is 12.6. The first-order valence-electron chi connectivity index (χ1n) is 10.7. The maximum atomic E-state index is 6.11. The molecule has 1 aliphatic rings. The molecular weight excluding hydrogens is 489 g/mol. The van der Waals surface area contributed by atoms with Gasteiger partial charge in [0.1, 0.15) is 12.4 Å². The Hall–Kier alpha value is -1.61. The minimum Gasteiger partial charge on any atom is -0.377 e. The lowest BCUT2D eigenvalue weighted by atomic mass is 9.78. The van der Waals surface area contributed by atoms with Crippen molar-refractivity contribution in [3.8, 4) is 11.3 Å². The molecular formula is C23H36IN5O. The van der Waals surface area contributed by atoms with Gasteiger partial charge in [-0.05, 0) is 30.7 Å². The van der Waals surface area contributed by atoms with Crippen LogP contribution >= 0.6 is 24.0 Å². The van der Waals surface area contributed by atoms with Crippen molar-refractivity contribution in [2.75, 3.05) is 19.7 Å². The standard InChI is InChI=1S/C23H35N5O.HI/c1-5-24-22(26-14-18-12-9-13-29-21(18)23(2,3)4)27-16-20-25-15-19(28-20)17-10-7-6-8-11-17;/h6-8,10-11,15,18,21H,5,9,12-14,16H2,1-4H3,(H,25,28)(H2,24,26,27);1H. The van der Waals surface area contributed by atoms with Crippen LogP contribution in [0.4, 0.5) is 0 Å². The van der Waals surface area contributed by atoms with Crippen LogP contribution in [0.3, 0.4) is 0 Å². The van der Waals surface area contributed by atoms with E-state index >= 15 is 0 Å². The van der Waals surface area contributed by atoms with E-state index in [0.29, 0.717) is 12.5 Å². The Labute approximate surface area is 197 Å². The number of nitrogens with zero attached hydrogens (tertiary/aromatic N) is 2. The second kappa shape index (κ2) is 11.7. The van der Waals surface area contributed by atoms with Crippen molar-refractivity contribution in [1.82, 2.24) is 20.6 Å². The fraction of sp³-hybridized carbons (Fsp3) is 0.565. The summed E-state index contributed by atoms with van der Waals surface area (Å²) < 4.78 is 6.11. The number of hydrogen-bond donors (Lipinski definition) is 3. The van der Waals surface area contributed by atoms with Gasteiger partial charge in [0.25, 0.3) is 0 Å². The number of guanidine groups is 1. The summed E-state index contributed by atoms with van der Waals surface area (Å²) in [6, 6.07) is 10.2. The van der Waals surface area contributed by atoms with Crippen molar-refractivity contribution < 1.29 is 4.74 Å². The molecule has 1 fully saturated rings. The molecule has 2 heterocycles. The lowest BCUT2D eigenvalue weighted by Crippen LogP contribution is -2.47. The maximum absolute atomic E-state index is 6.11. The normalized spacial score (nSPS) is 19.8. The molecule has 0 aliphatic carbocycles. The minimum atomic E-state index is 0. The number of H-pyrrole nitrogens is 1. The molecule has 30 heavy (non-hydrogen) atoms. The zero-order chi connectivity index (χ0) is 20.7. The zero-order valence-corrected chi connectivity index (χ0v) is 20.9. The van der Waals surface area contributed by atoms with E-state index in [1.54, 1.807) is 0 Å². The second-order valence-electron chi connectivity index (χ2n) is 8.75. The van der Waals surface area contributed by atoms with E-state index in [2.05, 4.69) is 60.4 Å². The predicted molar refractivity (Wildman–Crippen MR) is 134 cm³/mol. The molecule has 0 amide bonds. The minimum absolute atomic E-state index is 0. The van der Waals surface area contributed by atoms with Crippen LogP contribution in [0.2, 0.25) is 0 Å². The summed E-state index contributed by atoms with van der Waals surface area (Å²) in [5.74, 6) is 2.17. The third kappa shape index (κ3) is 6.97. The van der Waals surface area contributed by atoms with Gasteiger partial charge in [-0.3, -0.25) is 0 Å². The van der Waals surface area contributed by atoms with Crippen LogP contribution in [0.1, 0.15) is 46.4 Å². The number of nitrogens with one attached hydrogen (secondary N) is 3. The van der Waals surface area contributed by atoms with Gasteiger partial charge in [0.2, 0.25) is 0 Å². The number of ether oxygens (including phenoxy) is 1. The van der Waals surface area contributed by atoms with Gasteiger partial charge in [-0.1, -0.05) is 51.1 Å². The molecule has 3 N–H and O–H groups in total. The summed E-state index contributed by atoms with van der Waals surface area (Å²) in [6.07, 6.45) is 4.45. The monoisotopic (exact) mass is 525 g/mol. The lowest BCUT2D eigenvalue weighted by molar-refractivity contribution is -0.0835. The van der Waals surface area contributed by atoms with Crippen LogP contribution < -0.4 is 10.6 Å². The fourth-order valence-electron chi connectivity index (χ4n) is 3.94. The molecule has 0 saturated carbocycles. The topological polar surface area (TPSA) is 74.3 Å². The fourth-order valence-corrected chi connectivity index (χ4v) is 3.94. The molecule has 6 nitrogen and oxygen atoms in total. The molecule has 0 bridgehead atoms. The van der Waals surface area contributed by atoms with E-state index in [9.17, 15) is 0 Å². The first-order valence-corrected chi connectivity index (χ1v) is 10.7. The maximum Gasteiger partial charge on any atom is 0.191 e. The van der Waals surface area contributed by atoms with E-state index in [1.807, 2.05) is 24.4 Å². The lowest BCUT2D eigenvalue weighted by Gasteiger charge is -2.40. The van der Waals surface area contributed by atoms with Gasteiger partial charge in [0, 0.05) is 25.6 Å². The van der Waals surface area contributed by atoms with Crippen molar-refractivity contribution in [3.63, 3.8) is 0 Å². The number of rotatable bonds is 6. The molecule has 2 aromatic rings. The number of benzene rings is 1. The summed E-state index contributed by atoms with van der Waals surface area (Å²) >= 11 is 0. The second-order valence-corrected chi connectivity index (χ2v) is 8.75. The largest absolute Gasteiger partial charge is 0.377 e. The van der Waals surface area contributed by atoms with Crippen LogP contribution in [0.5, 0.6) is 0 Å². The average Bonchev–Trinajstić information content (AvgIpc) is 3.19. The molecule has 2 atom stereocenters. The van der Waals surface area contributed by atoms with Crippen LogP contribution in [0, 0.1) is 11.3 Å². The molecule has 1 aromatic carbocycles. The van der Waals surface area contributed by atoms with Gasteiger partial charge >= 0.3 is 0 Å².